The summed E-state index contributed by atoms with van der Waals surface area (Å²) in [7, 11) is 3.79. The molecule has 0 saturated heterocycles. The van der Waals surface area contributed by atoms with Crippen LogP contribution in [0, 0.1) is 0 Å². The van der Waals surface area contributed by atoms with Crippen LogP contribution in [-0.4, -0.2) is 19.1 Å². The molecule has 1 N–H and O–H groups in total. The Bertz CT molecular complexity index is 326. The number of nitrogens with zero attached hydrogens (tertiary/aromatic N) is 1. The van der Waals surface area contributed by atoms with Gasteiger partial charge in [0.15, 0.2) is 0 Å². The largest absolute Gasteiger partial charge is 0.251 e. The monoisotopic (exact) mass is 252 g/mol. The van der Waals surface area contributed by atoms with Crippen molar-refractivity contribution in [1.29, 1.82) is 0 Å². The maximum absolute atomic E-state index is 6.01. The first-order valence-electron chi connectivity index (χ1n) is 4.05. The molecule has 0 unspecified atom stereocenters. The average Bonchev–Trinajstić information content (AvgIpc) is 2.11. The molecule has 0 aliphatic rings. The number of halogens is 3. The van der Waals surface area contributed by atoms with E-state index in [2.05, 4.69) is 5.43 Å². The summed E-state index contributed by atoms with van der Waals surface area (Å²) in [5, 5.41) is 3.47. The molecule has 0 aliphatic heterocycles. The maximum Gasteiger partial charge on any atom is 0.0652 e. The Labute approximate surface area is 98.7 Å². The van der Waals surface area contributed by atoms with Crippen molar-refractivity contribution in [2.45, 2.75) is 6.54 Å². The van der Waals surface area contributed by atoms with Gasteiger partial charge in [-0.15, -0.1) is 0 Å². The molecule has 0 fully saturated rings. The number of benzene rings is 1. The summed E-state index contributed by atoms with van der Waals surface area (Å²) in [6.07, 6.45) is 0. The smallest absolute Gasteiger partial charge is 0.0652 e. The fourth-order valence-corrected chi connectivity index (χ4v) is 1.65. The van der Waals surface area contributed by atoms with Crippen molar-refractivity contribution in [2.24, 2.45) is 0 Å². The first-order chi connectivity index (χ1) is 6.52. The Hall–Kier alpha value is 0.01000. The molecular formula is C9H11Cl3N2. The van der Waals surface area contributed by atoms with Crippen molar-refractivity contribution >= 4 is 34.8 Å². The van der Waals surface area contributed by atoms with Crippen LogP contribution in [0.2, 0.25) is 15.1 Å². The molecule has 1 rings (SSSR count). The number of hydrogen-bond acceptors (Lipinski definition) is 2. The highest BCUT2D eigenvalue weighted by Crippen LogP contribution is 2.31. The van der Waals surface area contributed by atoms with Gasteiger partial charge in [0, 0.05) is 31.2 Å². The summed E-state index contributed by atoms with van der Waals surface area (Å²) in [5.41, 5.74) is 3.89. The van der Waals surface area contributed by atoms with Crippen molar-refractivity contribution in [3.8, 4) is 0 Å². The van der Waals surface area contributed by atoms with Gasteiger partial charge >= 0.3 is 0 Å². The van der Waals surface area contributed by atoms with E-state index in [0.717, 1.165) is 5.56 Å². The van der Waals surface area contributed by atoms with Crippen molar-refractivity contribution < 1.29 is 0 Å². The first kappa shape index (κ1) is 12.1. The highest BCUT2D eigenvalue weighted by atomic mass is 35.5. The van der Waals surface area contributed by atoms with Crippen molar-refractivity contribution in [2.75, 3.05) is 14.1 Å². The molecule has 0 atom stereocenters. The number of nitrogens with one attached hydrogen (secondary N) is 1. The second-order valence-corrected chi connectivity index (χ2v) is 4.24. The van der Waals surface area contributed by atoms with E-state index >= 15 is 0 Å². The summed E-state index contributed by atoms with van der Waals surface area (Å²) >= 11 is 17.9. The van der Waals surface area contributed by atoms with E-state index in [1.807, 2.05) is 19.1 Å². The van der Waals surface area contributed by atoms with Gasteiger partial charge in [-0.1, -0.05) is 34.8 Å². The Morgan fingerprint density at radius 2 is 1.71 bits per heavy atom. The molecule has 0 heterocycles. The predicted molar refractivity (Wildman–Crippen MR) is 62.0 cm³/mol. The van der Waals surface area contributed by atoms with E-state index in [1.165, 1.54) is 0 Å². The molecule has 1 aromatic rings. The minimum atomic E-state index is 0.508. The van der Waals surface area contributed by atoms with Gasteiger partial charge in [-0.3, -0.25) is 10.4 Å². The lowest BCUT2D eigenvalue weighted by atomic mass is 10.2. The van der Waals surface area contributed by atoms with Gasteiger partial charge in [-0.25, -0.2) is 0 Å². The van der Waals surface area contributed by atoms with Crippen molar-refractivity contribution in [1.82, 2.24) is 10.4 Å². The SMILES string of the molecule is CN(C)NCc1c(Cl)ccc(Cl)c1Cl. The summed E-state index contributed by atoms with van der Waals surface area (Å²) in [6, 6.07) is 3.42. The third kappa shape index (κ3) is 3.01. The summed E-state index contributed by atoms with van der Waals surface area (Å²) < 4.78 is 0. The maximum atomic E-state index is 6.01. The minimum Gasteiger partial charge on any atom is -0.251 e. The summed E-state index contributed by atoms with van der Waals surface area (Å²) in [5.74, 6) is 0. The van der Waals surface area contributed by atoms with Crippen molar-refractivity contribution in [3.05, 3.63) is 32.8 Å². The number of rotatable bonds is 3. The van der Waals surface area contributed by atoms with E-state index < -0.39 is 0 Å². The Balaban J connectivity index is 2.89. The molecule has 0 radical (unpaired) electrons. The van der Waals surface area contributed by atoms with Gasteiger partial charge < -0.3 is 0 Å². The Kier molecular flexibility index (Phi) is 4.48. The zero-order valence-corrected chi connectivity index (χ0v) is 10.2. The third-order valence-corrected chi connectivity index (χ3v) is 2.91. The number of hydrazine groups is 1. The van der Waals surface area contributed by atoms with Crippen LogP contribution in [0.25, 0.3) is 0 Å². The Morgan fingerprint density at radius 1 is 1.14 bits per heavy atom. The van der Waals surface area contributed by atoms with Crippen LogP contribution in [0.1, 0.15) is 5.56 Å². The lowest BCUT2D eigenvalue weighted by Gasteiger charge is -2.14. The lowest BCUT2D eigenvalue weighted by molar-refractivity contribution is 0.286. The molecule has 0 spiro atoms. The van der Waals surface area contributed by atoms with Gasteiger partial charge in [-0.2, -0.15) is 0 Å². The van der Waals surface area contributed by atoms with Gasteiger partial charge in [-0.05, 0) is 12.1 Å². The van der Waals surface area contributed by atoms with Crippen LogP contribution < -0.4 is 5.43 Å². The van der Waals surface area contributed by atoms with E-state index in [9.17, 15) is 0 Å². The van der Waals surface area contributed by atoms with Crippen LogP contribution in [0.4, 0.5) is 0 Å². The Morgan fingerprint density at radius 3 is 2.29 bits per heavy atom. The quantitative estimate of drug-likeness (QED) is 0.657. The van der Waals surface area contributed by atoms with Crippen LogP contribution >= 0.6 is 34.8 Å². The van der Waals surface area contributed by atoms with Crippen LogP contribution in [0.3, 0.4) is 0 Å². The lowest BCUT2D eigenvalue weighted by Crippen LogP contribution is -2.29. The molecule has 5 heteroatoms. The minimum absolute atomic E-state index is 0.508. The molecule has 1 aromatic carbocycles. The fourth-order valence-electron chi connectivity index (χ4n) is 0.968. The molecule has 0 bridgehead atoms. The van der Waals surface area contributed by atoms with Gasteiger partial charge in [0.2, 0.25) is 0 Å². The van der Waals surface area contributed by atoms with Gasteiger partial charge in [0.05, 0.1) is 10.0 Å². The predicted octanol–water partition coefficient (Wildman–Crippen LogP) is 3.21. The highest BCUT2D eigenvalue weighted by molar-refractivity contribution is 6.44. The molecule has 78 valence electrons. The zero-order valence-electron chi connectivity index (χ0n) is 7.94. The highest BCUT2D eigenvalue weighted by Gasteiger charge is 2.09. The van der Waals surface area contributed by atoms with Crippen LogP contribution in [0.5, 0.6) is 0 Å². The van der Waals surface area contributed by atoms with E-state index in [4.69, 9.17) is 34.8 Å². The summed E-state index contributed by atoms with van der Waals surface area (Å²) in [4.78, 5) is 0. The third-order valence-electron chi connectivity index (χ3n) is 1.71. The van der Waals surface area contributed by atoms with Gasteiger partial charge in [0.1, 0.15) is 0 Å². The zero-order chi connectivity index (χ0) is 10.7. The average molecular weight is 254 g/mol. The standard InChI is InChI=1S/C9H11Cl3N2/c1-14(2)13-5-6-7(10)3-4-8(11)9(6)12/h3-4,13H,5H2,1-2H3. The first-order valence-corrected chi connectivity index (χ1v) is 5.19. The second-order valence-electron chi connectivity index (χ2n) is 3.05. The molecule has 2 nitrogen and oxygen atoms in total. The van der Waals surface area contributed by atoms with Crippen LogP contribution in [0.15, 0.2) is 12.1 Å². The molecule has 0 aromatic heterocycles. The fraction of sp³-hybridized carbons (Fsp3) is 0.333. The second kappa shape index (κ2) is 5.19. The molecule has 0 aliphatic carbocycles. The molecular weight excluding hydrogens is 242 g/mol. The van der Waals surface area contributed by atoms with E-state index in [1.54, 1.807) is 12.1 Å². The summed E-state index contributed by atoms with van der Waals surface area (Å²) in [6.45, 7) is 0.561. The molecule has 14 heavy (non-hydrogen) atoms. The normalized spacial score (nSPS) is 11.0. The molecule has 0 amide bonds. The van der Waals surface area contributed by atoms with E-state index in [-0.39, 0.29) is 0 Å². The van der Waals surface area contributed by atoms with Gasteiger partial charge in [0.25, 0.3) is 0 Å². The number of hydrogen-bond donors (Lipinski definition) is 1. The van der Waals surface area contributed by atoms with E-state index in [0.29, 0.717) is 21.6 Å². The van der Waals surface area contributed by atoms with Crippen molar-refractivity contribution in [3.63, 3.8) is 0 Å². The molecule has 0 saturated carbocycles. The van der Waals surface area contributed by atoms with Crippen LogP contribution in [-0.2, 0) is 6.54 Å². The topological polar surface area (TPSA) is 15.3 Å².